The first-order valence-corrected chi connectivity index (χ1v) is 6.47. The minimum atomic E-state index is 0.341. The quantitative estimate of drug-likeness (QED) is 0.815. The van der Waals surface area contributed by atoms with Crippen LogP contribution in [0, 0.1) is 0 Å². The van der Waals surface area contributed by atoms with Crippen molar-refractivity contribution in [2.75, 3.05) is 13.6 Å². The summed E-state index contributed by atoms with van der Waals surface area (Å²) in [5.41, 5.74) is 2.50. The molecule has 0 fully saturated rings. The van der Waals surface area contributed by atoms with Crippen LogP contribution in [0.2, 0.25) is 0 Å². The maximum absolute atomic E-state index is 5.33. The molecule has 0 N–H and O–H groups in total. The fraction of sp³-hybridized carbons (Fsp3) is 0.312. The van der Waals surface area contributed by atoms with Gasteiger partial charge in [-0.3, -0.25) is 9.88 Å². The van der Waals surface area contributed by atoms with Gasteiger partial charge in [-0.05, 0) is 50.7 Å². The minimum Gasteiger partial charge on any atom is -0.465 e. The lowest BCUT2D eigenvalue weighted by Crippen LogP contribution is -2.24. The predicted octanol–water partition coefficient (Wildman–Crippen LogP) is 3.77. The zero-order valence-corrected chi connectivity index (χ0v) is 11.7. The van der Waals surface area contributed by atoms with Gasteiger partial charge in [-0.25, -0.2) is 0 Å². The molecule has 0 amide bonds. The molecule has 0 aliphatic carbocycles. The fourth-order valence-electron chi connectivity index (χ4n) is 2.07. The second kappa shape index (κ2) is 6.34. The average molecular weight is 256 g/mol. The highest BCUT2D eigenvalue weighted by molar-refractivity contribution is 5.46. The Morgan fingerprint density at radius 3 is 2.89 bits per heavy atom. The van der Waals surface area contributed by atoms with E-state index in [1.807, 2.05) is 24.4 Å². The Morgan fingerprint density at radius 1 is 1.42 bits per heavy atom. The first-order valence-electron chi connectivity index (χ1n) is 6.47. The molecule has 3 heteroatoms. The monoisotopic (exact) mass is 256 g/mol. The van der Waals surface area contributed by atoms with Crippen molar-refractivity contribution in [3.05, 3.63) is 59.8 Å². The molecule has 0 spiro atoms. The third-order valence-electron chi connectivity index (χ3n) is 3.26. The third-order valence-corrected chi connectivity index (χ3v) is 3.26. The van der Waals surface area contributed by atoms with E-state index in [-0.39, 0.29) is 0 Å². The Labute approximate surface area is 114 Å². The van der Waals surface area contributed by atoms with Crippen molar-refractivity contribution in [2.45, 2.75) is 19.9 Å². The van der Waals surface area contributed by atoms with E-state index in [4.69, 9.17) is 4.42 Å². The largest absolute Gasteiger partial charge is 0.465 e. The molecule has 1 atom stereocenters. The van der Waals surface area contributed by atoms with Crippen LogP contribution in [0.4, 0.5) is 0 Å². The van der Waals surface area contributed by atoms with E-state index in [9.17, 15) is 0 Å². The molecule has 2 rings (SSSR count). The third kappa shape index (κ3) is 3.80. The van der Waals surface area contributed by atoms with Crippen molar-refractivity contribution in [1.29, 1.82) is 0 Å². The van der Waals surface area contributed by atoms with Gasteiger partial charge >= 0.3 is 0 Å². The molecule has 0 aliphatic heterocycles. The Bertz CT molecular complexity index is 517. The van der Waals surface area contributed by atoms with Gasteiger partial charge in [0.05, 0.1) is 6.26 Å². The summed E-state index contributed by atoms with van der Waals surface area (Å²) in [5.74, 6) is 0.903. The van der Waals surface area contributed by atoms with Gasteiger partial charge in [0, 0.05) is 25.0 Å². The smallest absolute Gasteiger partial charge is 0.126 e. The van der Waals surface area contributed by atoms with Gasteiger partial charge in [-0.2, -0.15) is 0 Å². The summed E-state index contributed by atoms with van der Waals surface area (Å²) in [6.45, 7) is 5.21. The lowest BCUT2D eigenvalue weighted by atomic mass is 10.1. The van der Waals surface area contributed by atoms with Gasteiger partial charge in [0.1, 0.15) is 5.76 Å². The molecule has 0 aliphatic rings. The van der Waals surface area contributed by atoms with Crippen molar-refractivity contribution in [3.8, 4) is 0 Å². The highest BCUT2D eigenvalue weighted by Gasteiger charge is 2.11. The summed E-state index contributed by atoms with van der Waals surface area (Å²) in [6, 6.07) is 8.30. The van der Waals surface area contributed by atoms with Crippen LogP contribution in [0.3, 0.4) is 0 Å². The number of likely N-dealkylation sites (N-methyl/N-ethyl adjacent to an activating group) is 1. The molecule has 3 nitrogen and oxygen atoms in total. The van der Waals surface area contributed by atoms with Crippen molar-refractivity contribution < 1.29 is 4.42 Å². The van der Waals surface area contributed by atoms with Crippen LogP contribution in [0.1, 0.15) is 31.2 Å². The van der Waals surface area contributed by atoms with Gasteiger partial charge in [-0.15, -0.1) is 0 Å². The van der Waals surface area contributed by atoms with E-state index < -0.39 is 0 Å². The summed E-state index contributed by atoms with van der Waals surface area (Å²) in [7, 11) is 2.12. The molecule has 2 heterocycles. The summed E-state index contributed by atoms with van der Waals surface area (Å²) in [4.78, 5) is 6.47. The Hall–Kier alpha value is -1.87. The van der Waals surface area contributed by atoms with Gasteiger partial charge in [0.25, 0.3) is 0 Å². The number of aromatic nitrogens is 1. The predicted molar refractivity (Wildman–Crippen MR) is 77.6 cm³/mol. The number of pyridine rings is 1. The fourth-order valence-corrected chi connectivity index (χ4v) is 2.07. The molecule has 0 saturated carbocycles. The molecule has 100 valence electrons. The van der Waals surface area contributed by atoms with E-state index in [1.165, 1.54) is 11.1 Å². The van der Waals surface area contributed by atoms with Crippen molar-refractivity contribution >= 4 is 6.08 Å². The molecule has 0 aromatic carbocycles. The lowest BCUT2D eigenvalue weighted by molar-refractivity contribution is 0.283. The van der Waals surface area contributed by atoms with Crippen molar-refractivity contribution in [3.63, 3.8) is 0 Å². The van der Waals surface area contributed by atoms with Gasteiger partial charge in [0.2, 0.25) is 0 Å². The van der Waals surface area contributed by atoms with Crippen LogP contribution in [-0.4, -0.2) is 23.5 Å². The van der Waals surface area contributed by atoms with Crippen LogP contribution >= 0.6 is 0 Å². The Kier molecular flexibility index (Phi) is 4.53. The number of furan rings is 1. The first-order chi connectivity index (χ1) is 9.16. The minimum absolute atomic E-state index is 0.341. The first kappa shape index (κ1) is 13.6. The number of nitrogens with zero attached hydrogens (tertiary/aromatic N) is 2. The summed E-state index contributed by atoms with van der Waals surface area (Å²) < 4.78 is 5.33. The lowest BCUT2D eigenvalue weighted by Gasteiger charge is -2.25. The Morgan fingerprint density at radius 2 is 2.26 bits per heavy atom. The standard InChI is InChI=1S/C16H20N2O/c1-13(10-16-7-5-9-19-16)12-18(3)14(2)15-6-4-8-17-11-15/h4-11,14H,12H2,1-3H3/b13-10+. The van der Waals surface area contributed by atoms with Crippen LogP contribution in [-0.2, 0) is 0 Å². The van der Waals surface area contributed by atoms with Crippen LogP contribution in [0.15, 0.2) is 52.9 Å². The van der Waals surface area contributed by atoms with Crippen LogP contribution in [0.25, 0.3) is 6.08 Å². The highest BCUT2D eigenvalue weighted by Crippen LogP contribution is 2.19. The molecule has 0 radical (unpaired) electrons. The summed E-state index contributed by atoms with van der Waals surface area (Å²) >= 11 is 0. The normalized spacial score (nSPS) is 13.8. The van der Waals surface area contributed by atoms with Crippen molar-refractivity contribution in [1.82, 2.24) is 9.88 Å². The number of hydrogen-bond acceptors (Lipinski definition) is 3. The topological polar surface area (TPSA) is 29.3 Å². The molecular formula is C16H20N2O. The molecular weight excluding hydrogens is 236 g/mol. The molecule has 2 aromatic rings. The van der Waals surface area contributed by atoms with Crippen molar-refractivity contribution in [2.24, 2.45) is 0 Å². The number of hydrogen-bond donors (Lipinski definition) is 0. The highest BCUT2D eigenvalue weighted by atomic mass is 16.3. The van der Waals surface area contributed by atoms with E-state index in [1.54, 1.807) is 12.5 Å². The molecule has 0 bridgehead atoms. The van der Waals surface area contributed by atoms with Crippen LogP contribution in [0.5, 0.6) is 0 Å². The van der Waals surface area contributed by atoms with E-state index in [0.29, 0.717) is 6.04 Å². The SMILES string of the molecule is C/C(=C\c1ccco1)CN(C)C(C)c1cccnc1. The van der Waals surface area contributed by atoms with E-state index in [0.717, 1.165) is 12.3 Å². The van der Waals surface area contributed by atoms with Crippen LogP contribution < -0.4 is 0 Å². The van der Waals surface area contributed by atoms with E-state index in [2.05, 4.69) is 42.9 Å². The molecule has 1 unspecified atom stereocenters. The van der Waals surface area contributed by atoms with Gasteiger partial charge in [-0.1, -0.05) is 11.6 Å². The average Bonchev–Trinajstić information content (AvgIpc) is 2.91. The molecule has 0 saturated heterocycles. The molecule has 19 heavy (non-hydrogen) atoms. The summed E-state index contributed by atoms with van der Waals surface area (Å²) in [6.07, 6.45) is 7.50. The molecule has 2 aromatic heterocycles. The zero-order chi connectivity index (χ0) is 13.7. The number of rotatable bonds is 5. The second-order valence-electron chi connectivity index (χ2n) is 4.88. The zero-order valence-electron chi connectivity index (χ0n) is 11.7. The van der Waals surface area contributed by atoms with E-state index >= 15 is 0 Å². The Balaban J connectivity index is 1.99. The maximum atomic E-state index is 5.33. The van der Waals surface area contributed by atoms with Gasteiger partial charge in [0.15, 0.2) is 0 Å². The summed E-state index contributed by atoms with van der Waals surface area (Å²) in [5, 5.41) is 0. The maximum Gasteiger partial charge on any atom is 0.126 e. The van der Waals surface area contributed by atoms with Gasteiger partial charge < -0.3 is 4.42 Å². The second-order valence-corrected chi connectivity index (χ2v) is 4.88.